The van der Waals surface area contributed by atoms with Crippen LogP contribution in [0.5, 0.6) is 0 Å². The van der Waals surface area contributed by atoms with Gasteiger partial charge in [0.15, 0.2) is 11.0 Å². The standard InChI is InChI=1S/C19H21N5OS/c1-4-24-18(15-8-6-10-20-11-15)22-23-19(24)26-12-17(25)21-16-9-5-7-13(2)14(16)3/h5-11H,4,12H2,1-3H3,(H,21,25). The summed E-state index contributed by atoms with van der Waals surface area (Å²) in [6, 6.07) is 9.71. The number of thioether (sulfide) groups is 1. The van der Waals surface area contributed by atoms with E-state index >= 15 is 0 Å². The molecule has 0 unspecified atom stereocenters. The second kappa shape index (κ2) is 8.14. The molecular formula is C19H21N5OS. The number of benzene rings is 1. The van der Waals surface area contributed by atoms with Crippen LogP contribution in [0.4, 0.5) is 5.69 Å². The van der Waals surface area contributed by atoms with Gasteiger partial charge in [0.05, 0.1) is 5.75 Å². The summed E-state index contributed by atoms with van der Waals surface area (Å²) < 4.78 is 1.99. The van der Waals surface area contributed by atoms with E-state index in [4.69, 9.17) is 0 Å². The molecule has 3 rings (SSSR count). The van der Waals surface area contributed by atoms with E-state index in [0.717, 1.165) is 39.9 Å². The number of rotatable bonds is 6. The highest BCUT2D eigenvalue weighted by Crippen LogP contribution is 2.24. The van der Waals surface area contributed by atoms with Gasteiger partial charge < -0.3 is 9.88 Å². The van der Waals surface area contributed by atoms with Crippen LogP contribution in [0, 0.1) is 13.8 Å². The molecule has 0 saturated carbocycles. The fourth-order valence-electron chi connectivity index (χ4n) is 2.59. The minimum absolute atomic E-state index is 0.0581. The zero-order chi connectivity index (χ0) is 18.5. The molecule has 134 valence electrons. The van der Waals surface area contributed by atoms with E-state index in [-0.39, 0.29) is 11.7 Å². The first-order chi connectivity index (χ1) is 12.6. The summed E-state index contributed by atoms with van der Waals surface area (Å²) in [6.45, 7) is 6.79. The van der Waals surface area contributed by atoms with Crippen molar-refractivity contribution in [2.45, 2.75) is 32.5 Å². The topological polar surface area (TPSA) is 72.7 Å². The number of hydrogen-bond acceptors (Lipinski definition) is 5. The zero-order valence-corrected chi connectivity index (χ0v) is 15.9. The molecule has 0 atom stereocenters. The van der Waals surface area contributed by atoms with Crippen LogP contribution < -0.4 is 5.32 Å². The lowest BCUT2D eigenvalue weighted by Gasteiger charge is -2.10. The van der Waals surface area contributed by atoms with Crippen molar-refractivity contribution in [3.63, 3.8) is 0 Å². The Bertz CT molecular complexity index is 908. The summed E-state index contributed by atoms with van der Waals surface area (Å²) in [5.74, 6) is 0.980. The summed E-state index contributed by atoms with van der Waals surface area (Å²) in [4.78, 5) is 16.5. The van der Waals surface area contributed by atoms with Gasteiger partial charge in [-0.25, -0.2) is 0 Å². The molecule has 0 bridgehead atoms. The van der Waals surface area contributed by atoms with Crippen molar-refractivity contribution in [1.82, 2.24) is 19.7 Å². The Morgan fingerprint density at radius 2 is 2.04 bits per heavy atom. The first-order valence-electron chi connectivity index (χ1n) is 8.42. The quantitative estimate of drug-likeness (QED) is 0.673. The maximum atomic E-state index is 12.3. The smallest absolute Gasteiger partial charge is 0.234 e. The Morgan fingerprint density at radius 1 is 1.19 bits per heavy atom. The lowest BCUT2D eigenvalue weighted by atomic mass is 10.1. The van der Waals surface area contributed by atoms with Gasteiger partial charge in [0.25, 0.3) is 0 Å². The normalized spacial score (nSPS) is 10.7. The lowest BCUT2D eigenvalue weighted by molar-refractivity contribution is -0.113. The van der Waals surface area contributed by atoms with E-state index in [0.29, 0.717) is 0 Å². The molecule has 0 aliphatic heterocycles. The van der Waals surface area contributed by atoms with Crippen molar-refractivity contribution < 1.29 is 4.79 Å². The summed E-state index contributed by atoms with van der Waals surface area (Å²) in [5.41, 5.74) is 4.00. The van der Waals surface area contributed by atoms with Crippen LogP contribution in [-0.2, 0) is 11.3 Å². The average Bonchev–Trinajstić information content (AvgIpc) is 3.07. The number of hydrogen-bond donors (Lipinski definition) is 1. The fraction of sp³-hybridized carbons (Fsp3) is 0.263. The van der Waals surface area contributed by atoms with E-state index in [1.54, 1.807) is 12.4 Å². The van der Waals surface area contributed by atoms with Crippen LogP contribution in [0.15, 0.2) is 47.9 Å². The minimum atomic E-state index is -0.0581. The van der Waals surface area contributed by atoms with Crippen molar-refractivity contribution in [2.75, 3.05) is 11.1 Å². The molecule has 0 spiro atoms. The Kier molecular flexibility index (Phi) is 5.68. The van der Waals surface area contributed by atoms with E-state index in [9.17, 15) is 4.79 Å². The van der Waals surface area contributed by atoms with Crippen molar-refractivity contribution in [3.8, 4) is 11.4 Å². The third-order valence-corrected chi connectivity index (χ3v) is 5.13. The summed E-state index contributed by atoms with van der Waals surface area (Å²) in [7, 11) is 0. The van der Waals surface area contributed by atoms with E-state index in [1.807, 2.05) is 55.7 Å². The molecule has 2 aromatic heterocycles. The van der Waals surface area contributed by atoms with Crippen molar-refractivity contribution in [1.29, 1.82) is 0 Å². The first-order valence-corrected chi connectivity index (χ1v) is 9.41. The number of aryl methyl sites for hydroxylation is 1. The van der Waals surface area contributed by atoms with E-state index in [1.165, 1.54) is 11.8 Å². The molecule has 0 aliphatic carbocycles. The van der Waals surface area contributed by atoms with Crippen molar-refractivity contribution >= 4 is 23.4 Å². The second-order valence-electron chi connectivity index (χ2n) is 5.88. The molecule has 7 heteroatoms. The van der Waals surface area contributed by atoms with Gasteiger partial charge in [0, 0.05) is 30.2 Å². The number of pyridine rings is 1. The van der Waals surface area contributed by atoms with Crippen LogP contribution in [0.3, 0.4) is 0 Å². The maximum Gasteiger partial charge on any atom is 0.234 e. The predicted molar refractivity (Wildman–Crippen MR) is 104 cm³/mol. The van der Waals surface area contributed by atoms with Gasteiger partial charge in [-0.3, -0.25) is 9.78 Å². The van der Waals surface area contributed by atoms with Gasteiger partial charge in [-0.1, -0.05) is 23.9 Å². The fourth-order valence-corrected chi connectivity index (χ4v) is 3.39. The number of nitrogens with zero attached hydrogens (tertiary/aromatic N) is 4. The molecule has 1 N–H and O–H groups in total. The average molecular weight is 367 g/mol. The first kappa shape index (κ1) is 18.1. The van der Waals surface area contributed by atoms with E-state index < -0.39 is 0 Å². The Balaban J connectivity index is 1.69. The zero-order valence-electron chi connectivity index (χ0n) is 15.1. The third kappa shape index (κ3) is 3.94. The van der Waals surface area contributed by atoms with Gasteiger partial charge in [0.1, 0.15) is 0 Å². The van der Waals surface area contributed by atoms with Gasteiger partial charge in [-0.2, -0.15) is 0 Å². The number of carbonyl (C=O) groups is 1. The molecule has 26 heavy (non-hydrogen) atoms. The second-order valence-corrected chi connectivity index (χ2v) is 6.82. The number of amides is 1. The third-order valence-electron chi connectivity index (χ3n) is 4.16. The highest BCUT2D eigenvalue weighted by Gasteiger charge is 2.15. The number of aromatic nitrogens is 4. The molecule has 6 nitrogen and oxygen atoms in total. The Morgan fingerprint density at radius 3 is 2.77 bits per heavy atom. The Labute approximate surface area is 157 Å². The monoisotopic (exact) mass is 367 g/mol. The van der Waals surface area contributed by atoms with Gasteiger partial charge in [-0.15, -0.1) is 10.2 Å². The molecule has 3 aromatic rings. The van der Waals surface area contributed by atoms with Crippen LogP contribution >= 0.6 is 11.8 Å². The molecule has 0 aliphatic rings. The summed E-state index contributed by atoms with van der Waals surface area (Å²) in [5, 5.41) is 12.2. The van der Waals surface area contributed by atoms with Crippen LogP contribution in [0.2, 0.25) is 0 Å². The molecule has 0 radical (unpaired) electrons. The number of nitrogens with one attached hydrogen (secondary N) is 1. The van der Waals surface area contributed by atoms with Crippen LogP contribution in [0.1, 0.15) is 18.1 Å². The summed E-state index contributed by atoms with van der Waals surface area (Å²) >= 11 is 1.38. The van der Waals surface area contributed by atoms with Crippen LogP contribution in [-0.4, -0.2) is 31.4 Å². The van der Waals surface area contributed by atoms with Crippen molar-refractivity contribution in [2.24, 2.45) is 0 Å². The maximum absolute atomic E-state index is 12.3. The van der Waals surface area contributed by atoms with Crippen molar-refractivity contribution in [3.05, 3.63) is 53.9 Å². The summed E-state index contributed by atoms with van der Waals surface area (Å²) in [6.07, 6.45) is 3.49. The molecule has 1 amide bonds. The Hall–Kier alpha value is -2.67. The minimum Gasteiger partial charge on any atom is -0.325 e. The molecule has 0 fully saturated rings. The molecule has 1 aromatic carbocycles. The highest BCUT2D eigenvalue weighted by atomic mass is 32.2. The van der Waals surface area contributed by atoms with Gasteiger partial charge in [0.2, 0.25) is 5.91 Å². The van der Waals surface area contributed by atoms with Gasteiger partial charge >= 0.3 is 0 Å². The highest BCUT2D eigenvalue weighted by molar-refractivity contribution is 7.99. The SMILES string of the molecule is CCn1c(SCC(=O)Nc2cccc(C)c2C)nnc1-c1cccnc1. The van der Waals surface area contributed by atoms with Gasteiger partial charge in [-0.05, 0) is 50.1 Å². The number of anilines is 1. The number of carbonyl (C=O) groups excluding carboxylic acids is 1. The molecule has 2 heterocycles. The van der Waals surface area contributed by atoms with E-state index in [2.05, 4.69) is 20.5 Å². The molecular weight excluding hydrogens is 346 g/mol. The molecule has 0 saturated heterocycles. The predicted octanol–water partition coefficient (Wildman–Crippen LogP) is 3.71. The lowest BCUT2D eigenvalue weighted by Crippen LogP contribution is -2.15. The largest absolute Gasteiger partial charge is 0.325 e. The van der Waals surface area contributed by atoms with Crippen LogP contribution in [0.25, 0.3) is 11.4 Å².